The van der Waals surface area contributed by atoms with Gasteiger partial charge in [0.15, 0.2) is 0 Å². The van der Waals surface area contributed by atoms with E-state index in [0.29, 0.717) is 17.3 Å². The lowest BCUT2D eigenvalue weighted by Gasteiger charge is -2.40. The van der Waals surface area contributed by atoms with E-state index in [0.717, 1.165) is 48.4 Å². The van der Waals surface area contributed by atoms with Crippen molar-refractivity contribution in [1.82, 2.24) is 14.8 Å². The quantitative estimate of drug-likeness (QED) is 0.664. The second kappa shape index (κ2) is 7.18. The predicted octanol–water partition coefficient (Wildman–Crippen LogP) is 4.28. The number of fused-ring (bicyclic) bond motifs is 3. The van der Waals surface area contributed by atoms with E-state index in [1.54, 1.807) is 18.3 Å². The third-order valence-electron chi connectivity index (χ3n) is 5.73. The van der Waals surface area contributed by atoms with Crippen molar-refractivity contribution in [1.29, 1.82) is 0 Å². The molecule has 0 unspecified atom stereocenters. The fourth-order valence-corrected chi connectivity index (χ4v) is 5.39. The number of aromatic nitrogens is 1. The van der Waals surface area contributed by atoms with Gasteiger partial charge in [0.1, 0.15) is 5.75 Å². The van der Waals surface area contributed by atoms with E-state index in [4.69, 9.17) is 4.74 Å². The van der Waals surface area contributed by atoms with Crippen LogP contribution in [0.15, 0.2) is 48.5 Å². The molecule has 6 heteroatoms. The lowest BCUT2D eigenvalue weighted by atomic mass is 10.1. The summed E-state index contributed by atoms with van der Waals surface area (Å²) >= 11 is 1.56. The Labute approximate surface area is 168 Å². The van der Waals surface area contributed by atoms with Gasteiger partial charge in [-0.3, -0.25) is 9.69 Å². The zero-order valence-corrected chi connectivity index (χ0v) is 16.7. The summed E-state index contributed by atoms with van der Waals surface area (Å²) in [4.78, 5) is 21.0. The topological polar surface area (TPSA) is 45.7 Å². The average Bonchev–Trinajstić information content (AvgIpc) is 3.21. The van der Waals surface area contributed by atoms with E-state index < -0.39 is 0 Å². The number of ether oxygens (including phenoxy) is 1. The van der Waals surface area contributed by atoms with Crippen LogP contribution < -0.4 is 4.74 Å². The average molecular weight is 394 g/mol. The Morgan fingerprint density at radius 1 is 1.11 bits per heavy atom. The number of hydrogen-bond acceptors (Lipinski definition) is 5. The molecule has 144 valence electrons. The number of likely N-dealkylation sites (tertiary alicyclic amines) is 1. The van der Waals surface area contributed by atoms with E-state index in [9.17, 15) is 4.79 Å². The molecule has 0 N–H and O–H groups in total. The first-order chi connectivity index (χ1) is 13.7. The number of amides is 1. The summed E-state index contributed by atoms with van der Waals surface area (Å²) in [6, 6.07) is 17.1. The Morgan fingerprint density at radius 3 is 2.50 bits per heavy atom. The minimum absolute atomic E-state index is 0.225. The molecular weight excluding hydrogens is 370 g/mol. The number of thiazole rings is 1. The number of carbonyl (C=O) groups excluding carboxylic acids is 1. The van der Waals surface area contributed by atoms with Gasteiger partial charge in [-0.25, -0.2) is 4.98 Å². The zero-order valence-electron chi connectivity index (χ0n) is 15.9. The summed E-state index contributed by atoms with van der Waals surface area (Å²) in [5, 5.41) is 0.672. The lowest BCUT2D eigenvalue weighted by molar-refractivity contribution is -0.134. The molecule has 0 saturated carbocycles. The van der Waals surface area contributed by atoms with Crippen LogP contribution in [0.4, 0.5) is 0 Å². The second-order valence-electron chi connectivity index (χ2n) is 7.70. The third kappa shape index (κ3) is 3.38. The molecule has 5 nitrogen and oxygen atoms in total. The maximum Gasteiger partial charge on any atom is 0.279 e. The number of para-hydroxylation sites is 1. The van der Waals surface area contributed by atoms with Gasteiger partial charge in [-0.2, -0.15) is 0 Å². The van der Waals surface area contributed by atoms with Gasteiger partial charge in [0.25, 0.3) is 5.19 Å². The van der Waals surface area contributed by atoms with Crippen molar-refractivity contribution in [2.75, 3.05) is 13.1 Å². The van der Waals surface area contributed by atoms with Crippen LogP contribution in [0.2, 0.25) is 0 Å². The van der Waals surface area contributed by atoms with Crippen molar-refractivity contribution in [3.8, 4) is 10.9 Å². The number of benzene rings is 2. The Hall–Kier alpha value is -2.44. The van der Waals surface area contributed by atoms with Crippen molar-refractivity contribution in [3.63, 3.8) is 0 Å². The number of rotatable bonds is 4. The summed E-state index contributed by atoms with van der Waals surface area (Å²) in [6.45, 7) is 4.56. The maximum atomic E-state index is 11.9. The third-order valence-corrected chi connectivity index (χ3v) is 6.64. The molecule has 2 aromatic carbocycles. The molecule has 0 radical (unpaired) electrons. The standard InChI is InChI=1S/C22H23N3O2S/c1-15(26)25-17-8-9-18(25)14-24(13-17)12-16-6-10-19(11-7-16)27-22-23-20-4-2-3-5-21(20)28-22/h2-7,10-11,17-18H,8-9,12-14H2,1H3/t17-,18+. The van der Waals surface area contributed by atoms with Gasteiger partial charge < -0.3 is 9.64 Å². The van der Waals surface area contributed by atoms with Gasteiger partial charge in [0, 0.05) is 38.6 Å². The molecular formula is C22H23N3O2S. The molecule has 5 rings (SSSR count). The molecule has 2 aliphatic heterocycles. The lowest BCUT2D eigenvalue weighted by Crippen LogP contribution is -2.54. The number of hydrogen-bond donors (Lipinski definition) is 0. The number of piperazine rings is 1. The molecule has 2 saturated heterocycles. The zero-order chi connectivity index (χ0) is 19.1. The minimum Gasteiger partial charge on any atom is -0.431 e. The van der Waals surface area contributed by atoms with Crippen LogP contribution >= 0.6 is 11.3 Å². The molecule has 1 aromatic heterocycles. The van der Waals surface area contributed by atoms with E-state index in [1.165, 1.54) is 5.56 Å². The van der Waals surface area contributed by atoms with E-state index >= 15 is 0 Å². The Balaban J connectivity index is 1.23. The highest BCUT2D eigenvalue weighted by Gasteiger charge is 2.40. The number of carbonyl (C=O) groups is 1. The largest absolute Gasteiger partial charge is 0.431 e. The Morgan fingerprint density at radius 2 is 1.82 bits per heavy atom. The molecule has 2 aliphatic rings. The first-order valence-electron chi connectivity index (χ1n) is 9.79. The van der Waals surface area contributed by atoms with Crippen molar-refractivity contribution in [3.05, 3.63) is 54.1 Å². The summed E-state index contributed by atoms with van der Waals surface area (Å²) in [6.07, 6.45) is 2.27. The molecule has 2 bridgehead atoms. The Bertz CT molecular complexity index is 953. The van der Waals surface area contributed by atoms with Gasteiger partial charge in [-0.1, -0.05) is 35.6 Å². The highest BCUT2D eigenvalue weighted by molar-refractivity contribution is 7.20. The van der Waals surface area contributed by atoms with E-state index in [-0.39, 0.29) is 5.91 Å². The normalized spacial score (nSPS) is 22.0. The summed E-state index contributed by atoms with van der Waals surface area (Å²) in [5.41, 5.74) is 2.24. The molecule has 3 heterocycles. The van der Waals surface area contributed by atoms with Crippen LogP contribution in [-0.2, 0) is 11.3 Å². The van der Waals surface area contributed by atoms with Crippen LogP contribution in [0, 0.1) is 0 Å². The first kappa shape index (κ1) is 17.6. The van der Waals surface area contributed by atoms with Crippen LogP contribution in [0.5, 0.6) is 10.9 Å². The fraction of sp³-hybridized carbons (Fsp3) is 0.364. The molecule has 2 fully saturated rings. The SMILES string of the molecule is CC(=O)N1[C@@H]2CC[C@H]1CN(Cc1ccc(Oc3nc4ccccc4s3)cc1)C2. The predicted molar refractivity (Wildman–Crippen MR) is 111 cm³/mol. The van der Waals surface area contributed by atoms with E-state index in [1.807, 2.05) is 30.3 Å². The molecule has 0 aliphatic carbocycles. The molecule has 28 heavy (non-hydrogen) atoms. The summed E-state index contributed by atoms with van der Waals surface area (Å²) in [7, 11) is 0. The number of nitrogens with zero attached hydrogens (tertiary/aromatic N) is 3. The second-order valence-corrected chi connectivity index (χ2v) is 8.69. The van der Waals surface area contributed by atoms with Crippen molar-refractivity contribution < 1.29 is 9.53 Å². The highest BCUT2D eigenvalue weighted by atomic mass is 32.1. The minimum atomic E-state index is 0.225. The molecule has 2 atom stereocenters. The van der Waals surface area contributed by atoms with Gasteiger partial charge in [-0.15, -0.1) is 0 Å². The molecule has 3 aromatic rings. The van der Waals surface area contributed by atoms with Crippen LogP contribution in [0.25, 0.3) is 10.2 Å². The monoisotopic (exact) mass is 393 g/mol. The summed E-state index contributed by atoms with van der Waals surface area (Å²) < 4.78 is 7.08. The summed E-state index contributed by atoms with van der Waals surface area (Å²) in [5.74, 6) is 1.03. The van der Waals surface area contributed by atoms with Gasteiger partial charge >= 0.3 is 0 Å². The van der Waals surface area contributed by atoms with Crippen LogP contribution in [-0.4, -0.2) is 45.9 Å². The Kier molecular flexibility index (Phi) is 4.53. The van der Waals surface area contributed by atoms with Crippen molar-refractivity contribution >= 4 is 27.5 Å². The van der Waals surface area contributed by atoms with Crippen molar-refractivity contribution in [2.24, 2.45) is 0 Å². The maximum absolute atomic E-state index is 11.9. The van der Waals surface area contributed by atoms with Gasteiger partial charge in [0.2, 0.25) is 5.91 Å². The highest BCUT2D eigenvalue weighted by Crippen LogP contribution is 2.32. The first-order valence-corrected chi connectivity index (χ1v) is 10.6. The fourth-order valence-electron chi connectivity index (χ4n) is 4.55. The smallest absolute Gasteiger partial charge is 0.279 e. The van der Waals surface area contributed by atoms with Gasteiger partial charge in [0.05, 0.1) is 10.2 Å². The molecule has 0 spiro atoms. The van der Waals surface area contributed by atoms with Crippen molar-refractivity contribution in [2.45, 2.75) is 38.4 Å². The van der Waals surface area contributed by atoms with Crippen LogP contribution in [0.1, 0.15) is 25.3 Å². The van der Waals surface area contributed by atoms with E-state index in [2.05, 4.69) is 33.0 Å². The molecule has 1 amide bonds. The van der Waals surface area contributed by atoms with Crippen LogP contribution in [0.3, 0.4) is 0 Å². The van der Waals surface area contributed by atoms with Gasteiger partial charge in [-0.05, 0) is 42.7 Å².